The summed E-state index contributed by atoms with van der Waals surface area (Å²) < 4.78 is 2.06. The molecular weight excluding hydrogens is 200 g/mol. The second-order valence-electron chi connectivity index (χ2n) is 4.59. The number of aryl methyl sites for hydroxylation is 1. The zero-order chi connectivity index (χ0) is 12.3. The van der Waals surface area contributed by atoms with Crippen LogP contribution < -0.4 is 0 Å². The van der Waals surface area contributed by atoms with Crippen molar-refractivity contribution >= 4 is 0 Å². The van der Waals surface area contributed by atoms with E-state index in [2.05, 4.69) is 30.6 Å². The van der Waals surface area contributed by atoms with Gasteiger partial charge in [-0.2, -0.15) is 5.10 Å². The number of hydrogen-bond donors (Lipinski definition) is 1. The fourth-order valence-electron chi connectivity index (χ4n) is 2.33. The Kier molecular flexibility index (Phi) is 4.54. The standard InChI is InChI=1S/C13H24N2O/c1-6-8-9(3)15-11(5)13(10(4)14-15)12(16)7-2/h9,12,16H,6-8H2,1-5H3. The summed E-state index contributed by atoms with van der Waals surface area (Å²) in [7, 11) is 0. The van der Waals surface area contributed by atoms with Crippen LogP contribution in [0.25, 0.3) is 0 Å². The number of nitrogens with zero attached hydrogens (tertiary/aromatic N) is 2. The molecule has 0 aliphatic carbocycles. The van der Waals surface area contributed by atoms with Crippen LogP contribution in [0.2, 0.25) is 0 Å². The van der Waals surface area contributed by atoms with E-state index >= 15 is 0 Å². The number of aliphatic hydroxyl groups is 1. The van der Waals surface area contributed by atoms with Crippen molar-refractivity contribution in [3.8, 4) is 0 Å². The fraction of sp³-hybridized carbons (Fsp3) is 0.769. The minimum absolute atomic E-state index is 0.373. The lowest BCUT2D eigenvalue weighted by Crippen LogP contribution is -2.09. The summed E-state index contributed by atoms with van der Waals surface area (Å²) in [5, 5.41) is 14.5. The van der Waals surface area contributed by atoms with Gasteiger partial charge in [-0.25, -0.2) is 0 Å². The topological polar surface area (TPSA) is 38.0 Å². The molecule has 1 heterocycles. The highest BCUT2D eigenvalue weighted by Crippen LogP contribution is 2.26. The molecule has 2 atom stereocenters. The number of rotatable bonds is 5. The Hall–Kier alpha value is -0.830. The minimum Gasteiger partial charge on any atom is -0.388 e. The summed E-state index contributed by atoms with van der Waals surface area (Å²) >= 11 is 0. The molecule has 0 bridgehead atoms. The van der Waals surface area contributed by atoms with E-state index in [0.717, 1.165) is 36.2 Å². The lowest BCUT2D eigenvalue weighted by molar-refractivity contribution is 0.172. The first-order valence-electron chi connectivity index (χ1n) is 6.26. The van der Waals surface area contributed by atoms with Gasteiger partial charge in [0.15, 0.2) is 0 Å². The Balaban J connectivity index is 3.06. The van der Waals surface area contributed by atoms with Gasteiger partial charge in [0, 0.05) is 17.3 Å². The highest BCUT2D eigenvalue weighted by atomic mass is 16.3. The Morgan fingerprint density at radius 2 is 1.94 bits per heavy atom. The molecule has 0 saturated heterocycles. The molecule has 2 unspecified atom stereocenters. The third-order valence-corrected chi connectivity index (χ3v) is 3.22. The molecule has 1 aromatic heterocycles. The maximum atomic E-state index is 9.96. The van der Waals surface area contributed by atoms with Gasteiger partial charge in [-0.3, -0.25) is 4.68 Å². The normalized spacial score (nSPS) is 15.1. The Labute approximate surface area is 98.5 Å². The first-order valence-corrected chi connectivity index (χ1v) is 6.26. The van der Waals surface area contributed by atoms with E-state index in [-0.39, 0.29) is 6.10 Å². The molecule has 0 fully saturated rings. The van der Waals surface area contributed by atoms with E-state index in [4.69, 9.17) is 0 Å². The summed E-state index contributed by atoms with van der Waals surface area (Å²) in [5.74, 6) is 0. The van der Waals surface area contributed by atoms with Gasteiger partial charge in [0.1, 0.15) is 0 Å². The van der Waals surface area contributed by atoms with Gasteiger partial charge in [0.25, 0.3) is 0 Å². The van der Waals surface area contributed by atoms with E-state index in [0.29, 0.717) is 6.04 Å². The van der Waals surface area contributed by atoms with Crippen LogP contribution in [0.5, 0.6) is 0 Å². The van der Waals surface area contributed by atoms with Crippen molar-refractivity contribution in [3.63, 3.8) is 0 Å². The average Bonchev–Trinajstić information content (AvgIpc) is 2.54. The monoisotopic (exact) mass is 224 g/mol. The second-order valence-corrected chi connectivity index (χ2v) is 4.59. The van der Waals surface area contributed by atoms with Crippen LogP contribution in [0.3, 0.4) is 0 Å². The van der Waals surface area contributed by atoms with Crippen LogP contribution in [0.4, 0.5) is 0 Å². The second kappa shape index (κ2) is 5.48. The van der Waals surface area contributed by atoms with E-state index in [9.17, 15) is 5.11 Å². The van der Waals surface area contributed by atoms with Gasteiger partial charge in [0.2, 0.25) is 0 Å². The molecule has 3 heteroatoms. The predicted molar refractivity (Wildman–Crippen MR) is 66.6 cm³/mol. The largest absolute Gasteiger partial charge is 0.388 e. The lowest BCUT2D eigenvalue weighted by Gasteiger charge is -2.14. The molecule has 92 valence electrons. The van der Waals surface area contributed by atoms with Crippen LogP contribution in [-0.4, -0.2) is 14.9 Å². The third kappa shape index (κ3) is 2.46. The molecule has 3 nitrogen and oxygen atoms in total. The van der Waals surface area contributed by atoms with Crippen molar-refractivity contribution in [2.45, 2.75) is 66.0 Å². The molecule has 1 aromatic rings. The smallest absolute Gasteiger partial charge is 0.0823 e. The van der Waals surface area contributed by atoms with Gasteiger partial charge in [-0.1, -0.05) is 20.3 Å². The molecule has 0 aromatic carbocycles. The minimum atomic E-state index is -0.373. The molecule has 0 amide bonds. The molecular formula is C13H24N2O. The van der Waals surface area contributed by atoms with Crippen LogP contribution in [-0.2, 0) is 0 Å². The first kappa shape index (κ1) is 13.2. The Bertz CT molecular complexity index is 344. The number of hydrogen-bond acceptors (Lipinski definition) is 2. The molecule has 0 aliphatic rings. The number of aliphatic hydroxyl groups excluding tert-OH is 1. The van der Waals surface area contributed by atoms with E-state index in [1.54, 1.807) is 0 Å². The lowest BCUT2D eigenvalue weighted by atomic mass is 10.1. The van der Waals surface area contributed by atoms with Crippen molar-refractivity contribution in [3.05, 3.63) is 17.0 Å². The Morgan fingerprint density at radius 3 is 2.44 bits per heavy atom. The quantitative estimate of drug-likeness (QED) is 0.833. The zero-order valence-electron chi connectivity index (χ0n) is 11.1. The van der Waals surface area contributed by atoms with Crippen LogP contribution >= 0.6 is 0 Å². The van der Waals surface area contributed by atoms with E-state index in [1.165, 1.54) is 0 Å². The van der Waals surface area contributed by atoms with Crippen molar-refractivity contribution in [2.75, 3.05) is 0 Å². The van der Waals surface area contributed by atoms with Gasteiger partial charge in [-0.15, -0.1) is 0 Å². The van der Waals surface area contributed by atoms with Gasteiger partial charge in [0.05, 0.1) is 11.8 Å². The Morgan fingerprint density at radius 1 is 1.31 bits per heavy atom. The molecule has 0 saturated carbocycles. The average molecular weight is 224 g/mol. The molecule has 0 radical (unpaired) electrons. The third-order valence-electron chi connectivity index (χ3n) is 3.22. The molecule has 1 rings (SSSR count). The summed E-state index contributed by atoms with van der Waals surface area (Å²) in [6.07, 6.45) is 2.66. The van der Waals surface area contributed by atoms with Crippen molar-refractivity contribution in [1.29, 1.82) is 0 Å². The number of aromatic nitrogens is 2. The zero-order valence-corrected chi connectivity index (χ0v) is 11.1. The summed E-state index contributed by atoms with van der Waals surface area (Å²) in [4.78, 5) is 0. The van der Waals surface area contributed by atoms with Crippen molar-refractivity contribution in [2.24, 2.45) is 0 Å². The molecule has 0 spiro atoms. The highest BCUT2D eigenvalue weighted by Gasteiger charge is 2.19. The summed E-state index contributed by atoms with van der Waals surface area (Å²) in [6, 6.07) is 0.418. The van der Waals surface area contributed by atoms with Gasteiger partial charge >= 0.3 is 0 Å². The van der Waals surface area contributed by atoms with E-state index in [1.807, 2.05) is 13.8 Å². The molecule has 1 N–H and O–H groups in total. The van der Waals surface area contributed by atoms with Gasteiger partial charge < -0.3 is 5.11 Å². The summed E-state index contributed by atoms with van der Waals surface area (Å²) in [5.41, 5.74) is 3.10. The van der Waals surface area contributed by atoms with E-state index < -0.39 is 0 Å². The van der Waals surface area contributed by atoms with Crippen molar-refractivity contribution < 1.29 is 5.11 Å². The fourth-order valence-corrected chi connectivity index (χ4v) is 2.33. The maximum Gasteiger partial charge on any atom is 0.0823 e. The molecule has 0 aliphatic heterocycles. The molecule has 16 heavy (non-hydrogen) atoms. The predicted octanol–water partition coefficient (Wildman–Crippen LogP) is 3.30. The maximum absolute atomic E-state index is 9.96. The highest BCUT2D eigenvalue weighted by molar-refractivity contribution is 5.27. The first-order chi connectivity index (χ1) is 7.52. The van der Waals surface area contributed by atoms with Crippen molar-refractivity contribution in [1.82, 2.24) is 9.78 Å². The SMILES string of the molecule is CCCC(C)n1nc(C)c(C(O)CC)c1C. The van der Waals surface area contributed by atoms with Crippen LogP contribution in [0, 0.1) is 13.8 Å². The van der Waals surface area contributed by atoms with Gasteiger partial charge in [-0.05, 0) is 33.6 Å². The van der Waals surface area contributed by atoms with Crippen LogP contribution in [0.15, 0.2) is 0 Å². The van der Waals surface area contributed by atoms with Crippen LogP contribution in [0.1, 0.15) is 69.1 Å². The summed E-state index contributed by atoms with van der Waals surface area (Å²) in [6.45, 7) is 10.4.